The van der Waals surface area contributed by atoms with Crippen LogP contribution in [0, 0.1) is 0 Å². The second-order valence-corrected chi connectivity index (χ2v) is 10.5. The van der Waals surface area contributed by atoms with Crippen LogP contribution in [0.3, 0.4) is 0 Å². The van der Waals surface area contributed by atoms with Crippen molar-refractivity contribution in [2.24, 2.45) is 0 Å². The molecule has 0 aliphatic carbocycles. The predicted octanol–water partition coefficient (Wildman–Crippen LogP) is 5.10. The molecule has 0 bridgehead atoms. The monoisotopic (exact) mass is 478 g/mol. The van der Waals surface area contributed by atoms with Crippen LogP contribution in [0.25, 0.3) is 0 Å². The first-order chi connectivity index (χ1) is 16.4. The van der Waals surface area contributed by atoms with Gasteiger partial charge in [0.15, 0.2) is 0 Å². The first-order valence-electron chi connectivity index (χ1n) is 11.5. The van der Waals surface area contributed by atoms with Gasteiger partial charge in [0.05, 0.1) is 7.11 Å². The second kappa shape index (κ2) is 10.4. The molecular formula is C27H30N2O4S. The average molecular weight is 479 g/mol. The molecule has 1 amide bonds. The van der Waals surface area contributed by atoms with Gasteiger partial charge in [0.25, 0.3) is 5.91 Å². The lowest BCUT2D eigenvalue weighted by Crippen LogP contribution is -2.42. The van der Waals surface area contributed by atoms with Gasteiger partial charge in [-0.05, 0) is 61.6 Å². The van der Waals surface area contributed by atoms with E-state index in [1.165, 1.54) is 17.5 Å². The summed E-state index contributed by atoms with van der Waals surface area (Å²) in [7, 11) is -2.37. The Kier molecular flexibility index (Phi) is 7.34. The van der Waals surface area contributed by atoms with Crippen molar-refractivity contribution in [1.82, 2.24) is 4.31 Å². The molecule has 178 valence electrons. The summed E-state index contributed by atoms with van der Waals surface area (Å²) < 4.78 is 33.8. The normalized spacial score (nSPS) is 16.7. The van der Waals surface area contributed by atoms with Gasteiger partial charge in [0.1, 0.15) is 10.6 Å². The van der Waals surface area contributed by atoms with Gasteiger partial charge in [-0.2, -0.15) is 4.31 Å². The van der Waals surface area contributed by atoms with Crippen molar-refractivity contribution >= 4 is 21.6 Å². The maximum absolute atomic E-state index is 13.5. The fourth-order valence-electron chi connectivity index (χ4n) is 4.38. The van der Waals surface area contributed by atoms with E-state index in [0.29, 0.717) is 18.7 Å². The quantitative estimate of drug-likeness (QED) is 0.513. The number of hydrogen-bond donors (Lipinski definition) is 1. The molecule has 3 aromatic rings. The van der Waals surface area contributed by atoms with Crippen LogP contribution < -0.4 is 10.1 Å². The molecule has 1 aliphatic rings. The smallest absolute Gasteiger partial charge is 0.255 e. The zero-order valence-corrected chi connectivity index (χ0v) is 20.3. The maximum Gasteiger partial charge on any atom is 0.255 e. The highest BCUT2D eigenvalue weighted by Gasteiger charge is 2.33. The molecule has 0 radical (unpaired) electrons. The standard InChI is InChI=1S/C27H30N2O4S/c1-20-10-8-9-17-29(20)34(31,32)26-19-23(15-16-25(26)33-2)27(30)28-24-14-7-6-13-22(24)18-21-11-4-3-5-12-21/h3-7,11-16,19-20H,8-10,17-18H2,1-2H3,(H,28,30)/t20-/m1/s1. The molecule has 0 unspecified atom stereocenters. The molecule has 34 heavy (non-hydrogen) atoms. The van der Waals surface area contributed by atoms with E-state index in [0.717, 1.165) is 30.4 Å². The number of nitrogens with one attached hydrogen (secondary N) is 1. The molecule has 0 spiro atoms. The molecule has 1 heterocycles. The van der Waals surface area contributed by atoms with E-state index < -0.39 is 10.0 Å². The Balaban J connectivity index is 1.62. The number of sulfonamides is 1. The third kappa shape index (κ3) is 5.16. The molecule has 7 heteroatoms. The predicted molar refractivity (Wildman–Crippen MR) is 134 cm³/mol. The highest BCUT2D eigenvalue weighted by molar-refractivity contribution is 7.89. The summed E-state index contributed by atoms with van der Waals surface area (Å²) in [6.45, 7) is 2.39. The van der Waals surface area contributed by atoms with Gasteiger partial charge in [-0.1, -0.05) is 55.0 Å². The number of methoxy groups -OCH3 is 1. The van der Waals surface area contributed by atoms with Crippen molar-refractivity contribution in [3.05, 3.63) is 89.5 Å². The summed E-state index contributed by atoms with van der Waals surface area (Å²) in [6, 6.07) is 22.1. The van der Waals surface area contributed by atoms with Crippen molar-refractivity contribution < 1.29 is 17.9 Å². The molecule has 0 saturated carbocycles. The number of carbonyl (C=O) groups excluding carboxylic acids is 1. The highest BCUT2D eigenvalue weighted by Crippen LogP contribution is 2.32. The molecule has 3 aromatic carbocycles. The summed E-state index contributed by atoms with van der Waals surface area (Å²) in [5.41, 5.74) is 3.07. The lowest BCUT2D eigenvalue weighted by atomic mass is 10.0. The van der Waals surface area contributed by atoms with Crippen LogP contribution in [-0.4, -0.2) is 38.3 Å². The van der Waals surface area contributed by atoms with Crippen LogP contribution in [0.1, 0.15) is 47.7 Å². The molecule has 1 fully saturated rings. The Morgan fingerprint density at radius 3 is 2.50 bits per heavy atom. The number of benzene rings is 3. The average Bonchev–Trinajstić information content (AvgIpc) is 2.85. The van der Waals surface area contributed by atoms with Crippen LogP contribution in [0.2, 0.25) is 0 Å². The van der Waals surface area contributed by atoms with Crippen LogP contribution in [0.15, 0.2) is 77.7 Å². The largest absolute Gasteiger partial charge is 0.495 e. The number of anilines is 1. The van der Waals surface area contributed by atoms with Crippen molar-refractivity contribution in [3.63, 3.8) is 0 Å². The van der Waals surface area contributed by atoms with Gasteiger partial charge >= 0.3 is 0 Å². The Morgan fingerprint density at radius 2 is 1.76 bits per heavy atom. The summed E-state index contributed by atoms with van der Waals surface area (Å²) >= 11 is 0. The fourth-order valence-corrected chi connectivity index (χ4v) is 6.26. The van der Waals surface area contributed by atoms with Gasteiger partial charge in [0, 0.05) is 23.8 Å². The summed E-state index contributed by atoms with van der Waals surface area (Å²) in [6.07, 6.45) is 3.33. The van der Waals surface area contributed by atoms with Crippen LogP contribution in [-0.2, 0) is 16.4 Å². The number of ether oxygens (including phenoxy) is 1. The van der Waals surface area contributed by atoms with Crippen molar-refractivity contribution in [2.75, 3.05) is 19.0 Å². The molecule has 1 N–H and O–H groups in total. The van der Waals surface area contributed by atoms with E-state index >= 15 is 0 Å². The topological polar surface area (TPSA) is 75.7 Å². The Morgan fingerprint density at radius 1 is 1.03 bits per heavy atom. The SMILES string of the molecule is COc1ccc(C(=O)Nc2ccccc2Cc2ccccc2)cc1S(=O)(=O)N1CCCC[C@H]1C. The molecule has 1 atom stereocenters. The fraction of sp³-hybridized carbons (Fsp3) is 0.296. The van der Waals surface area contributed by atoms with Crippen LogP contribution in [0.5, 0.6) is 5.75 Å². The number of nitrogens with zero attached hydrogens (tertiary/aromatic N) is 1. The van der Waals surface area contributed by atoms with Gasteiger partial charge in [-0.3, -0.25) is 4.79 Å². The Hall–Kier alpha value is -3.16. The lowest BCUT2D eigenvalue weighted by Gasteiger charge is -2.32. The van der Waals surface area contributed by atoms with Crippen molar-refractivity contribution in [1.29, 1.82) is 0 Å². The number of rotatable bonds is 7. The van der Waals surface area contributed by atoms with E-state index in [2.05, 4.69) is 5.32 Å². The molecule has 1 aliphatic heterocycles. The summed E-state index contributed by atoms with van der Waals surface area (Å²) in [4.78, 5) is 13.2. The molecule has 0 aromatic heterocycles. The summed E-state index contributed by atoms with van der Waals surface area (Å²) in [5, 5.41) is 2.96. The van der Waals surface area contributed by atoms with E-state index in [9.17, 15) is 13.2 Å². The number of carbonyl (C=O) groups is 1. The zero-order chi connectivity index (χ0) is 24.1. The van der Waals surface area contributed by atoms with Crippen molar-refractivity contribution in [2.45, 2.75) is 43.5 Å². The van der Waals surface area contributed by atoms with Gasteiger partial charge < -0.3 is 10.1 Å². The first-order valence-corrected chi connectivity index (χ1v) is 13.0. The third-order valence-corrected chi connectivity index (χ3v) is 8.29. The molecular weight excluding hydrogens is 448 g/mol. The van der Waals surface area contributed by atoms with Gasteiger partial charge in [0.2, 0.25) is 10.0 Å². The van der Waals surface area contributed by atoms with Crippen molar-refractivity contribution in [3.8, 4) is 5.75 Å². The molecule has 4 rings (SSSR count). The maximum atomic E-state index is 13.5. The minimum Gasteiger partial charge on any atom is -0.495 e. The molecule has 1 saturated heterocycles. The third-order valence-electron chi connectivity index (χ3n) is 6.26. The number of para-hydroxylation sites is 1. The molecule has 6 nitrogen and oxygen atoms in total. The highest BCUT2D eigenvalue weighted by atomic mass is 32.2. The van der Waals surface area contributed by atoms with E-state index in [1.54, 1.807) is 12.1 Å². The van der Waals surface area contributed by atoms with E-state index in [-0.39, 0.29) is 28.2 Å². The van der Waals surface area contributed by atoms with Crippen LogP contribution in [0.4, 0.5) is 5.69 Å². The van der Waals surface area contributed by atoms with Gasteiger partial charge in [-0.25, -0.2) is 8.42 Å². The first kappa shape index (κ1) is 24.0. The Bertz CT molecular complexity index is 1260. The summed E-state index contributed by atoms with van der Waals surface area (Å²) in [5.74, 6) is -0.134. The van der Waals surface area contributed by atoms with E-state index in [4.69, 9.17) is 4.74 Å². The number of hydrogen-bond acceptors (Lipinski definition) is 4. The lowest BCUT2D eigenvalue weighted by molar-refractivity contribution is 0.102. The zero-order valence-electron chi connectivity index (χ0n) is 19.5. The minimum atomic E-state index is -3.80. The number of piperidine rings is 1. The van der Waals surface area contributed by atoms with Gasteiger partial charge in [-0.15, -0.1) is 0 Å². The minimum absolute atomic E-state index is 0.0222. The van der Waals surface area contributed by atoms with E-state index in [1.807, 2.05) is 61.5 Å². The van der Waals surface area contributed by atoms with Crippen LogP contribution >= 0.6 is 0 Å². The number of amides is 1. The Labute approximate surface area is 201 Å². The second-order valence-electron chi connectivity index (χ2n) is 8.60.